The monoisotopic (exact) mass is 1180 g/mol. The fourth-order valence-corrected chi connectivity index (χ4v) is 16.0. The Morgan fingerprint density at radius 1 is 0.189 bits per heavy atom. The van der Waals surface area contributed by atoms with Crippen LogP contribution in [0.15, 0.2) is 328 Å². The standard InChI is InChI=1S/2C43H27NS/c1-2-11-28(12-3-1)29-21-23-30(24-22-29)41-34-14-4-6-16-36(34)42(37-17-7-5-15-35(37)41)39-26-25-31(27-44-39)32-18-10-19-38-33-13-8-9-20-40(33)45-43(32)38;1-2-10-28(11-3-1)29-18-20-30(21-19-29)42-35-13-4-6-15-37(35)43(38-16-7-5-14-36(38)42)39-25-23-32(27-44-39)31-22-24-34-33-12-8-9-17-40(33)45-41(34)26-31/h2*1-27H. The van der Waals surface area contributed by atoms with Gasteiger partial charge in [-0.05, 0) is 123 Å². The van der Waals surface area contributed by atoms with E-state index in [1.165, 1.54) is 150 Å². The maximum Gasteiger partial charge on any atom is 0.0714 e. The number of hydrogen-bond donors (Lipinski definition) is 0. The van der Waals surface area contributed by atoms with Crippen LogP contribution in [0.25, 0.3) is 173 Å². The van der Waals surface area contributed by atoms with Gasteiger partial charge in [0.1, 0.15) is 0 Å². The molecule has 0 unspecified atom stereocenters. The van der Waals surface area contributed by atoms with Gasteiger partial charge in [0.05, 0.1) is 11.4 Å². The molecule has 4 aromatic heterocycles. The van der Waals surface area contributed by atoms with Crippen LogP contribution in [0.4, 0.5) is 0 Å². The summed E-state index contributed by atoms with van der Waals surface area (Å²) in [6, 6.07) is 114. The molecule has 90 heavy (non-hydrogen) atoms. The molecule has 420 valence electrons. The van der Waals surface area contributed by atoms with Gasteiger partial charge in [-0.25, -0.2) is 0 Å². The minimum atomic E-state index is 0.986. The van der Waals surface area contributed by atoms with Gasteiger partial charge in [-0.15, -0.1) is 22.7 Å². The van der Waals surface area contributed by atoms with Gasteiger partial charge in [0, 0.05) is 80.6 Å². The number of nitrogens with zero attached hydrogens (tertiary/aromatic N) is 2. The summed E-state index contributed by atoms with van der Waals surface area (Å²) in [5.41, 5.74) is 18.9. The number of pyridine rings is 2. The van der Waals surface area contributed by atoms with Crippen molar-refractivity contribution in [3.05, 3.63) is 328 Å². The fraction of sp³-hybridized carbons (Fsp3) is 0. The predicted octanol–water partition coefficient (Wildman–Crippen LogP) is 24.8. The largest absolute Gasteiger partial charge is 0.256 e. The summed E-state index contributed by atoms with van der Waals surface area (Å²) in [5.74, 6) is 0. The second kappa shape index (κ2) is 22.5. The Kier molecular flexibility index (Phi) is 13.3. The summed E-state index contributed by atoms with van der Waals surface area (Å²) in [4.78, 5) is 10.2. The number of benzene rings is 14. The lowest BCUT2D eigenvalue weighted by molar-refractivity contribution is 1.34. The highest BCUT2D eigenvalue weighted by atomic mass is 32.1. The molecule has 0 amide bonds. The second-order valence-corrected chi connectivity index (χ2v) is 25.2. The highest BCUT2D eigenvalue weighted by Crippen LogP contribution is 2.47. The second-order valence-electron chi connectivity index (χ2n) is 23.0. The summed E-state index contributed by atoms with van der Waals surface area (Å²) in [6.45, 7) is 0. The van der Waals surface area contributed by atoms with Crippen molar-refractivity contribution in [3.63, 3.8) is 0 Å². The van der Waals surface area contributed by atoms with Crippen molar-refractivity contribution in [2.75, 3.05) is 0 Å². The average Bonchev–Trinajstić information content (AvgIpc) is 1.16. The first-order valence-electron chi connectivity index (χ1n) is 30.6. The molecule has 4 heteroatoms. The summed E-state index contributed by atoms with van der Waals surface area (Å²) < 4.78 is 5.26. The molecule has 0 bridgehead atoms. The molecule has 18 aromatic rings. The fourth-order valence-electron chi connectivity index (χ4n) is 13.6. The lowest BCUT2D eigenvalue weighted by Crippen LogP contribution is -1.92. The van der Waals surface area contributed by atoms with E-state index >= 15 is 0 Å². The van der Waals surface area contributed by atoms with Gasteiger partial charge in [-0.1, -0.05) is 285 Å². The van der Waals surface area contributed by atoms with Gasteiger partial charge < -0.3 is 0 Å². The third kappa shape index (κ3) is 9.32. The Morgan fingerprint density at radius 2 is 0.522 bits per heavy atom. The van der Waals surface area contributed by atoms with Crippen LogP contribution in [0, 0.1) is 0 Å². The Bertz CT molecular complexity index is 5610. The smallest absolute Gasteiger partial charge is 0.0714 e. The molecule has 0 saturated heterocycles. The van der Waals surface area contributed by atoms with Gasteiger partial charge >= 0.3 is 0 Å². The third-order valence-corrected chi connectivity index (χ3v) is 20.2. The van der Waals surface area contributed by atoms with Crippen molar-refractivity contribution in [2.24, 2.45) is 0 Å². The van der Waals surface area contributed by atoms with E-state index in [4.69, 9.17) is 9.97 Å². The van der Waals surface area contributed by atoms with E-state index in [-0.39, 0.29) is 0 Å². The summed E-state index contributed by atoms with van der Waals surface area (Å²) in [7, 11) is 0. The van der Waals surface area contributed by atoms with E-state index in [0.29, 0.717) is 0 Å². The van der Waals surface area contributed by atoms with E-state index in [2.05, 4.69) is 315 Å². The molecule has 0 atom stereocenters. The highest BCUT2D eigenvalue weighted by molar-refractivity contribution is 7.26. The molecular formula is C86H54N2S2. The zero-order valence-corrected chi connectivity index (χ0v) is 50.5. The van der Waals surface area contributed by atoms with Crippen LogP contribution in [0.5, 0.6) is 0 Å². The number of thiophene rings is 2. The van der Waals surface area contributed by atoms with Crippen molar-refractivity contribution < 1.29 is 0 Å². The third-order valence-electron chi connectivity index (χ3n) is 17.9. The summed E-state index contributed by atoms with van der Waals surface area (Å²) in [6.07, 6.45) is 4.08. The Morgan fingerprint density at radius 3 is 0.978 bits per heavy atom. The summed E-state index contributed by atoms with van der Waals surface area (Å²) >= 11 is 3.71. The average molecular weight is 1180 g/mol. The van der Waals surface area contributed by atoms with Crippen molar-refractivity contribution >= 4 is 106 Å². The molecular weight excluding hydrogens is 1130 g/mol. The van der Waals surface area contributed by atoms with Crippen molar-refractivity contribution in [3.8, 4) is 89.3 Å². The minimum absolute atomic E-state index is 0.986. The van der Waals surface area contributed by atoms with Crippen LogP contribution in [0.1, 0.15) is 0 Å². The predicted molar refractivity (Wildman–Crippen MR) is 388 cm³/mol. The van der Waals surface area contributed by atoms with E-state index in [0.717, 1.165) is 22.5 Å². The molecule has 2 nitrogen and oxygen atoms in total. The first kappa shape index (κ1) is 53.1. The zero-order chi connectivity index (χ0) is 59.5. The van der Waals surface area contributed by atoms with Crippen LogP contribution in [-0.2, 0) is 0 Å². The molecule has 0 radical (unpaired) electrons. The van der Waals surface area contributed by atoms with Gasteiger partial charge in [0.15, 0.2) is 0 Å². The molecule has 0 N–H and O–H groups in total. The highest BCUT2D eigenvalue weighted by Gasteiger charge is 2.21. The minimum Gasteiger partial charge on any atom is -0.256 e. The van der Waals surface area contributed by atoms with Crippen molar-refractivity contribution in [1.82, 2.24) is 9.97 Å². The van der Waals surface area contributed by atoms with Gasteiger partial charge in [-0.2, -0.15) is 0 Å². The van der Waals surface area contributed by atoms with Gasteiger partial charge in [0.25, 0.3) is 0 Å². The maximum atomic E-state index is 5.14. The van der Waals surface area contributed by atoms with E-state index in [9.17, 15) is 0 Å². The quantitative estimate of drug-likeness (QED) is 0.142. The molecule has 0 fully saturated rings. The first-order chi connectivity index (χ1) is 44.6. The maximum absolute atomic E-state index is 5.14. The molecule has 0 saturated carbocycles. The molecule has 14 aromatic carbocycles. The van der Waals surface area contributed by atoms with Crippen LogP contribution in [0.3, 0.4) is 0 Å². The Balaban J connectivity index is 0.000000139. The van der Waals surface area contributed by atoms with E-state index < -0.39 is 0 Å². The summed E-state index contributed by atoms with van der Waals surface area (Å²) in [5, 5.41) is 15.1. The molecule has 0 aliphatic heterocycles. The van der Waals surface area contributed by atoms with Crippen LogP contribution >= 0.6 is 22.7 Å². The molecule has 0 aliphatic carbocycles. The molecule has 4 heterocycles. The molecule has 0 spiro atoms. The Hall–Kier alpha value is -11.1. The topological polar surface area (TPSA) is 25.8 Å². The molecule has 0 aliphatic rings. The molecule has 18 rings (SSSR count). The zero-order valence-electron chi connectivity index (χ0n) is 48.9. The first-order valence-corrected chi connectivity index (χ1v) is 32.2. The number of hydrogen-bond acceptors (Lipinski definition) is 4. The Labute approximate surface area is 529 Å². The van der Waals surface area contributed by atoms with E-state index in [1.807, 2.05) is 35.1 Å². The van der Waals surface area contributed by atoms with Crippen molar-refractivity contribution in [2.45, 2.75) is 0 Å². The van der Waals surface area contributed by atoms with Crippen LogP contribution in [-0.4, -0.2) is 9.97 Å². The van der Waals surface area contributed by atoms with Crippen molar-refractivity contribution in [1.29, 1.82) is 0 Å². The van der Waals surface area contributed by atoms with Crippen LogP contribution in [0.2, 0.25) is 0 Å². The SMILES string of the molecule is c1ccc(-c2ccc(-c3c4ccccc4c(-c4ccc(-c5ccc6c(c5)sc5ccccc56)cn4)c4ccccc34)cc2)cc1.c1ccc(-c2ccc(-c3c4ccccc4c(-c4ccc(-c5cccc6c5sc5ccccc56)cn4)c4ccccc34)cc2)cc1. The normalized spacial score (nSPS) is 11.6. The van der Waals surface area contributed by atoms with Gasteiger partial charge in [0.2, 0.25) is 0 Å². The number of fused-ring (bicyclic) bond motifs is 10. The van der Waals surface area contributed by atoms with E-state index in [1.54, 1.807) is 0 Å². The lowest BCUT2D eigenvalue weighted by atomic mass is 9.87. The van der Waals surface area contributed by atoms with Crippen LogP contribution < -0.4 is 0 Å². The number of rotatable bonds is 8. The lowest BCUT2D eigenvalue weighted by Gasteiger charge is -2.17. The van der Waals surface area contributed by atoms with Gasteiger partial charge in [-0.3, -0.25) is 9.97 Å². The number of aromatic nitrogens is 2.